The zero-order chi connectivity index (χ0) is 17.9. The van der Waals surface area contributed by atoms with E-state index < -0.39 is 0 Å². The number of hydrogen-bond acceptors (Lipinski definition) is 3. The van der Waals surface area contributed by atoms with Crippen molar-refractivity contribution in [2.24, 2.45) is 0 Å². The molecule has 2 aromatic heterocycles. The van der Waals surface area contributed by atoms with E-state index in [1.807, 2.05) is 59.1 Å². The third kappa shape index (κ3) is 3.26. The van der Waals surface area contributed by atoms with Crippen molar-refractivity contribution in [2.45, 2.75) is 6.54 Å². The molecular weight excluding hydrogens is 330 g/mol. The maximum absolute atomic E-state index is 12.4. The van der Waals surface area contributed by atoms with E-state index in [1.54, 1.807) is 11.1 Å². The Bertz CT molecular complexity index is 931. The first-order chi connectivity index (χ1) is 12.7. The van der Waals surface area contributed by atoms with E-state index in [0.717, 1.165) is 16.8 Å². The Balaban J connectivity index is 1.37. The van der Waals surface area contributed by atoms with E-state index in [9.17, 15) is 9.59 Å². The van der Waals surface area contributed by atoms with Gasteiger partial charge >= 0.3 is 0 Å². The lowest BCUT2D eigenvalue weighted by Crippen LogP contribution is -2.39. The van der Waals surface area contributed by atoms with Crippen LogP contribution >= 0.6 is 0 Å². The van der Waals surface area contributed by atoms with Gasteiger partial charge in [-0.1, -0.05) is 24.3 Å². The highest BCUT2D eigenvalue weighted by atomic mass is 16.5. The van der Waals surface area contributed by atoms with Crippen LogP contribution in [0.3, 0.4) is 0 Å². The number of nitrogens with one attached hydrogen (secondary N) is 1. The van der Waals surface area contributed by atoms with Crippen LogP contribution < -0.4 is 10.1 Å². The third-order valence-corrected chi connectivity index (χ3v) is 4.47. The van der Waals surface area contributed by atoms with Crippen molar-refractivity contribution in [3.8, 4) is 5.75 Å². The number of ether oxygens (including phenoxy) is 1. The van der Waals surface area contributed by atoms with Gasteiger partial charge in [0.1, 0.15) is 5.75 Å². The summed E-state index contributed by atoms with van der Waals surface area (Å²) in [5, 5.41) is 2.89. The molecule has 0 fully saturated rings. The van der Waals surface area contributed by atoms with E-state index in [2.05, 4.69) is 5.32 Å². The molecule has 4 rings (SSSR count). The van der Waals surface area contributed by atoms with E-state index in [4.69, 9.17) is 4.74 Å². The summed E-state index contributed by atoms with van der Waals surface area (Å²) in [5.74, 6) is 0.519. The molecule has 6 nitrogen and oxygen atoms in total. The molecule has 1 N–H and O–H groups in total. The maximum atomic E-state index is 12.4. The number of carbonyl (C=O) groups excluding carboxylic acids is 2. The smallest absolute Gasteiger partial charge is 0.260 e. The monoisotopic (exact) mass is 349 g/mol. The Morgan fingerprint density at radius 3 is 2.88 bits per heavy atom. The second-order valence-electron chi connectivity index (χ2n) is 6.23. The van der Waals surface area contributed by atoms with Gasteiger partial charge in [0, 0.05) is 43.1 Å². The topological polar surface area (TPSA) is 63.1 Å². The lowest BCUT2D eigenvalue weighted by Gasteiger charge is -2.20. The van der Waals surface area contributed by atoms with Crippen LogP contribution in [0.5, 0.6) is 5.75 Å². The van der Waals surface area contributed by atoms with Crippen molar-refractivity contribution in [1.29, 1.82) is 0 Å². The molecule has 0 saturated carbocycles. The highest BCUT2D eigenvalue weighted by Crippen LogP contribution is 2.22. The number of para-hydroxylation sites is 1. The van der Waals surface area contributed by atoms with Gasteiger partial charge in [-0.15, -0.1) is 0 Å². The van der Waals surface area contributed by atoms with E-state index in [0.29, 0.717) is 25.2 Å². The third-order valence-electron chi connectivity index (χ3n) is 4.47. The van der Waals surface area contributed by atoms with E-state index in [-0.39, 0.29) is 18.4 Å². The average Bonchev–Trinajstić information content (AvgIpc) is 3.03. The molecule has 0 aliphatic carbocycles. The van der Waals surface area contributed by atoms with E-state index >= 15 is 0 Å². The lowest BCUT2D eigenvalue weighted by molar-refractivity contribution is -0.133. The van der Waals surface area contributed by atoms with Crippen LogP contribution in [0.25, 0.3) is 5.52 Å². The van der Waals surface area contributed by atoms with Crippen LogP contribution in [-0.4, -0.2) is 40.8 Å². The first kappa shape index (κ1) is 16.2. The fourth-order valence-electron chi connectivity index (χ4n) is 3.09. The molecule has 0 spiro atoms. The molecule has 1 aliphatic heterocycles. The minimum absolute atomic E-state index is 0.0237. The number of benzene rings is 1. The zero-order valence-electron chi connectivity index (χ0n) is 14.2. The number of aromatic nitrogens is 1. The molecule has 3 heterocycles. The SMILES string of the molecule is O=C(NCCN1Cc2ccccc2OCC1=O)c1cc2ccccn2c1. The summed E-state index contributed by atoms with van der Waals surface area (Å²) in [6, 6.07) is 15.3. The predicted molar refractivity (Wildman–Crippen MR) is 97.1 cm³/mol. The molecule has 1 aromatic carbocycles. The Morgan fingerprint density at radius 2 is 2.00 bits per heavy atom. The largest absolute Gasteiger partial charge is 0.483 e. The number of nitrogens with zero attached hydrogens (tertiary/aromatic N) is 2. The van der Waals surface area contributed by atoms with Gasteiger partial charge in [0.15, 0.2) is 6.61 Å². The van der Waals surface area contributed by atoms with Crippen LogP contribution in [0.15, 0.2) is 60.9 Å². The van der Waals surface area contributed by atoms with Crippen LogP contribution in [0.4, 0.5) is 0 Å². The summed E-state index contributed by atoms with van der Waals surface area (Å²) in [6.07, 6.45) is 3.70. The second kappa shape index (κ2) is 6.92. The lowest BCUT2D eigenvalue weighted by atomic mass is 10.2. The van der Waals surface area contributed by atoms with Crippen molar-refractivity contribution in [2.75, 3.05) is 19.7 Å². The molecule has 0 atom stereocenters. The quantitative estimate of drug-likeness (QED) is 0.784. The Kier molecular flexibility index (Phi) is 4.31. The van der Waals surface area contributed by atoms with E-state index in [1.165, 1.54) is 0 Å². The van der Waals surface area contributed by atoms with Gasteiger partial charge in [-0.05, 0) is 24.3 Å². The fraction of sp³-hybridized carbons (Fsp3) is 0.200. The van der Waals surface area contributed by atoms with Crippen molar-refractivity contribution in [1.82, 2.24) is 14.6 Å². The second-order valence-corrected chi connectivity index (χ2v) is 6.23. The molecule has 2 amide bonds. The number of pyridine rings is 1. The van der Waals surface area contributed by atoms with Crippen molar-refractivity contribution < 1.29 is 14.3 Å². The summed E-state index contributed by atoms with van der Waals surface area (Å²) >= 11 is 0. The maximum Gasteiger partial charge on any atom is 0.260 e. The Morgan fingerprint density at radius 1 is 1.15 bits per heavy atom. The van der Waals surface area contributed by atoms with Crippen LogP contribution in [0.2, 0.25) is 0 Å². The standard InChI is InChI=1S/C20H19N3O3/c24-19-14-26-18-7-2-1-5-15(18)12-23(19)10-8-21-20(25)16-11-17-6-3-4-9-22(17)13-16/h1-7,9,11,13H,8,10,12,14H2,(H,21,25). The summed E-state index contributed by atoms with van der Waals surface area (Å²) in [4.78, 5) is 26.3. The number of hydrogen-bond donors (Lipinski definition) is 1. The van der Waals surface area contributed by atoms with Crippen molar-refractivity contribution >= 4 is 17.3 Å². The fourth-order valence-corrected chi connectivity index (χ4v) is 3.09. The van der Waals surface area contributed by atoms with Gasteiger partial charge in [-0.2, -0.15) is 0 Å². The predicted octanol–water partition coefficient (Wildman–Crippen LogP) is 2.09. The molecule has 0 bridgehead atoms. The summed E-state index contributed by atoms with van der Waals surface area (Å²) in [6.45, 7) is 1.34. The van der Waals surface area contributed by atoms with Gasteiger partial charge in [-0.3, -0.25) is 9.59 Å². The average molecular weight is 349 g/mol. The molecule has 132 valence electrons. The normalized spacial score (nSPS) is 13.8. The number of amides is 2. The highest BCUT2D eigenvalue weighted by Gasteiger charge is 2.21. The molecule has 26 heavy (non-hydrogen) atoms. The Labute approximate surface area is 151 Å². The highest BCUT2D eigenvalue weighted by molar-refractivity contribution is 5.95. The van der Waals surface area contributed by atoms with Gasteiger partial charge in [0.05, 0.1) is 5.56 Å². The molecular formula is C20H19N3O3. The molecule has 6 heteroatoms. The van der Waals surface area contributed by atoms with Gasteiger partial charge in [0.2, 0.25) is 0 Å². The van der Waals surface area contributed by atoms with Gasteiger partial charge < -0.3 is 19.4 Å². The molecule has 0 radical (unpaired) electrons. The number of rotatable bonds is 4. The van der Waals surface area contributed by atoms with Crippen molar-refractivity contribution in [3.05, 3.63) is 72.1 Å². The molecule has 0 unspecified atom stereocenters. The van der Waals surface area contributed by atoms with Crippen LogP contribution in [0.1, 0.15) is 15.9 Å². The summed E-state index contributed by atoms with van der Waals surface area (Å²) in [7, 11) is 0. The van der Waals surface area contributed by atoms with Crippen LogP contribution in [0, 0.1) is 0 Å². The Hall–Kier alpha value is -3.28. The number of fused-ring (bicyclic) bond motifs is 2. The van der Waals surface area contributed by atoms with Crippen molar-refractivity contribution in [3.63, 3.8) is 0 Å². The summed E-state index contributed by atoms with van der Waals surface area (Å²) in [5.41, 5.74) is 2.55. The first-order valence-electron chi connectivity index (χ1n) is 8.54. The number of carbonyl (C=O) groups is 2. The summed E-state index contributed by atoms with van der Waals surface area (Å²) < 4.78 is 7.44. The molecule has 1 aliphatic rings. The van der Waals surface area contributed by atoms with Gasteiger partial charge in [-0.25, -0.2) is 0 Å². The first-order valence-corrected chi connectivity index (χ1v) is 8.54. The minimum atomic E-state index is -0.146. The zero-order valence-corrected chi connectivity index (χ0v) is 14.2. The van der Waals surface area contributed by atoms with Crippen LogP contribution in [-0.2, 0) is 11.3 Å². The molecule has 0 saturated heterocycles. The van der Waals surface area contributed by atoms with Gasteiger partial charge in [0.25, 0.3) is 11.8 Å². The molecule has 3 aromatic rings. The minimum Gasteiger partial charge on any atom is -0.483 e.